The molecule has 0 fully saturated rings. The van der Waals surface area contributed by atoms with E-state index in [0.717, 1.165) is 57.9 Å². The maximum Gasteiger partial charge on any atom is 0.253 e. The third-order valence-electron chi connectivity index (χ3n) is 5.16. The minimum Gasteiger partial charge on any atom is -0.352 e. The largest absolute Gasteiger partial charge is 0.352 e. The molecule has 0 saturated heterocycles. The van der Waals surface area contributed by atoms with Gasteiger partial charge >= 0.3 is 0 Å². The number of hydrogen-bond donors (Lipinski definition) is 1. The number of carbonyl (C=O) groups is 2. The van der Waals surface area contributed by atoms with Gasteiger partial charge in [-0.25, -0.2) is 0 Å². The Morgan fingerprint density at radius 3 is 1.86 bits per heavy atom. The standard InChI is InChI=1S/C22H38N4O2/c1-6-24(7-2)13-15-26(16-14-25(8-3)9-4)22(28)21-12-10-11-20(17-21)18-23-19(5)27/h10-12,17H,6-9,13-16,18H2,1-5H3,(H,23,27). The van der Waals surface area contributed by atoms with E-state index in [2.05, 4.69) is 42.8 Å². The summed E-state index contributed by atoms with van der Waals surface area (Å²) in [4.78, 5) is 31.0. The van der Waals surface area contributed by atoms with Gasteiger partial charge in [0, 0.05) is 45.2 Å². The number of benzene rings is 1. The highest BCUT2D eigenvalue weighted by molar-refractivity contribution is 5.94. The first kappa shape index (κ1) is 24.1. The minimum atomic E-state index is -0.0724. The van der Waals surface area contributed by atoms with E-state index in [-0.39, 0.29) is 11.8 Å². The summed E-state index contributed by atoms with van der Waals surface area (Å²) in [6.45, 7) is 17.7. The van der Waals surface area contributed by atoms with E-state index in [1.165, 1.54) is 6.92 Å². The molecule has 0 saturated carbocycles. The number of amides is 2. The normalized spacial score (nSPS) is 11.1. The van der Waals surface area contributed by atoms with E-state index in [1.807, 2.05) is 29.2 Å². The molecule has 2 amide bonds. The molecule has 1 aromatic rings. The quantitative estimate of drug-likeness (QED) is 0.562. The SMILES string of the molecule is CCN(CC)CCN(CCN(CC)CC)C(=O)c1cccc(CNC(C)=O)c1. The van der Waals surface area contributed by atoms with Crippen molar-refractivity contribution in [3.63, 3.8) is 0 Å². The third kappa shape index (κ3) is 8.40. The van der Waals surface area contributed by atoms with E-state index < -0.39 is 0 Å². The molecule has 1 aromatic carbocycles. The van der Waals surface area contributed by atoms with Gasteiger partial charge in [0.25, 0.3) is 5.91 Å². The lowest BCUT2D eigenvalue weighted by Crippen LogP contribution is -2.43. The van der Waals surface area contributed by atoms with Crippen LogP contribution in [0.3, 0.4) is 0 Å². The van der Waals surface area contributed by atoms with E-state index >= 15 is 0 Å². The third-order valence-corrected chi connectivity index (χ3v) is 5.16. The van der Waals surface area contributed by atoms with Crippen molar-refractivity contribution in [2.24, 2.45) is 0 Å². The smallest absolute Gasteiger partial charge is 0.253 e. The maximum atomic E-state index is 13.2. The Balaban J connectivity index is 2.89. The molecule has 0 aliphatic heterocycles. The second kappa shape index (κ2) is 13.3. The van der Waals surface area contributed by atoms with Crippen LogP contribution in [0.1, 0.15) is 50.5 Å². The van der Waals surface area contributed by atoms with Gasteiger partial charge in [0.1, 0.15) is 0 Å². The van der Waals surface area contributed by atoms with Gasteiger partial charge in [-0.1, -0.05) is 39.8 Å². The van der Waals surface area contributed by atoms with E-state index in [1.54, 1.807) is 0 Å². The molecule has 0 atom stereocenters. The molecular formula is C22H38N4O2. The lowest BCUT2D eigenvalue weighted by molar-refractivity contribution is -0.119. The van der Waals surface area contributed by atoms with E-state index in [9.17, 15) is 9.59 Å². The highest BCUT2D eigenvalue weighted by Gasteiger charge is 2.17. The number of hydrogen-bond acceptors (Lipinski definition) is 4. The van der Waals surface area contributed by atoms with Crippen LogP contribution in [-0.4, -0.2) is 78.9 Å². The monoisotopic (exact) mass is 390 g/mol. The molecule has 28 heavy (non-hydrogen) atoms. The zero-order chi connectivity index (χ0) is 20.9. The first-order chi connectivity index (χ1) is 13.4. The van der Waals surface area contributed by atoms with Gasteiger partial charge in [0.2, 0.25) is 5.91 Å². The number of likely N-dealkylation sites (N-methyl/N-ethyl adjacent to an activating group) is 2. The number of nitrogens with one attached hydrogen (secondary N) is 1. The van der Waals surface area contributed by atoms with Crippen molar-refractivity contribution in [3.8, 4) is 0 Å². The zero-order valence-corrected chi connectivity index (χ0v) is 18.3. The average Bonchev–Trinajstić information content (AvgIpc) is 2.71. The Hall–Kier alpha value is -1.92. The predicted molar refractivity (Wildman–Crippen MR) is 115 cm³/mol. The number of nitrogens with zero attached hydrogens (tertiary/aromatic N) is 3. The van der Waals surface area contributed by atoms with Crippen molar-refractivity contribution in [1.29, 1.82) is 0 Å². The summed E-state index contributed by atoms with van der Waals surface area (Å²) in [5.74, 6) is -0.0132. The van der Waals surface area contributed by atoms with Gasteiger partial charge in [-0.2, -0.15) is 0 Å². The summed E-state index contributed by atoms with van der Waals surface area (Å²) in [5, 5.41) is 2.79. The summed E-state index contributed by atoms with van der Waals surface area (Å²) in [6, 6.07) is 7.57. The number of carbonyl (C=O) groups excluding carboxylic acids is 2. The van der Waals surface area contributed by atoms with E-state index in [0.29, 0.717) is 12.1 Å². The first-order valence-corrected chi connectivity index (χ1v) is 10.5. The van der Waals surface area contributed by atoms with Crippen molar-refractivity contribution in [2.75, 3.05) is 52.4 Å². The van der Waals surface area contributed by atoms with Crippen LogP contribution in [0.5, 0.6) is 0 Å². The average molecular weight is 391 g/mol. The predicted octanol–water partition coefficient (Wildman–Crippen LogP) is 2.45. The molecule has 1 rings (SSSR count). The highest BCUT2D eigenvalue weighted by Crippen LogP contribution is 2.10. The van der Waals surface area contributed by atoms with Gasteiger partial charge in [-0.15, -0.1) is 0 Å². The van der Waals surface area contributed by atoms with Crippen LogP contribution >= 0.6 is 0 Å². The molecule has 0 aliphatic carbocycles. The van der Waals surface area contributed by atoms with Crippen LogP contribution in [0.25, 0.3) is 0 Å². The zero-order valence-electron chi connectivity index (χ0n) is 18.3. The molecule has 0 aromatic heterocycles. The summed E-state index contributed by atoms with van der Waals surface area (Å²) < 4.78 is 0. The summed E-state index contributed by atoms with van der Waals surface area (Å²) in [7, 11) is 0. The Kier molecular flexibility index (Phi) is 11.4. The van der Waals surface area contributed by atoms with Crippen LogP contribution in [-0.2, 0) is 11.3 Å². The summed E-state index contributed by atoms with van der Waals surface area (Å²) >= 11 is 0. The molecule has 158 valence electrons. The molecule has 0 bridgehead atoms. The minimum absolute atomic E-state index is 0.0592. The fourth-order valence-electron chi connectivity index (χ4n) is 3.14. The summed E-state index contributed by atoms with van der Waals surface area (Å²) in [5.41, 5.74) is 1.62. The van der Waals surface area contributed by atoms with Gasteiger partial charge in [-0.3, -0.25) is 9.59 Å². The molecule has 0 spiro atoms. The van der Waals surface area contributed by atoms with Crippen LogP contribution < -0.4 is 5.32 Å². The van der Waals surface area contributed by atoms with Gasteiger partial charge in [0.15, 0.2) is 0 Å². The first-order valence-electron chi connectivity index (χ1n) is 10.5. The fourth-order valence-corrected chi connectivity index (χ4v) is 3.14. The van der Waals surface area contributed by atoms with Crippen LogP contribution in [0.2, 0.25) is 0 Å². The molecule has 0 unspecified atom stereocenters. The topological polar surface area (TPSA) is 55.9 Å². The molecule has 0 radical (unpaired) electrons. The van der Waals surface area contributed by atoms with Crippen LogP contribution in [0, 0.1) is 0 Å². The molecule has 6 heteroatoms. The van der Waals surface area contributed by atoms with Gasteiger partial charge < -0.3 is 20.0 Å². The van der Waals surface area contributed by atoms with Crippen molar-refractivity contribution >= 4 is 11.8 Å². The van der Waals surface area contributed by atoms with E-state index in [4.69, 9.17) is 0 Å². The molecule has 0 heterocycles. The Labute approximate surface area is 170 Å². The Morgan fingerprint density at radius 2 is 1.39 bits per heavy atom. The second-order valence-corrected chi connectivity index (χ2v) is 6.96. The lowest BCUT2D eigenvalue weighted by atomic mass is 10.1. The second-order valence-electron chi connectivity index (χ2n) is 6.96. The highest BCUT2D eigenvalue weighted by atomic mass is 16.2. The maximum absolute atomic E-state index is 13.2. The van der Waals surface area contributed by atoms with Crippen LogP contribution in [0.15, 0.2) is 24.3 Å². The molecule has 1 N–H and O–H groups in total. The van der Waals surface area contributed by atoms with Crippen molar-refractivity contribution in [1.82, 2.24) is 20.0 Å². The van der Waals surface area contributed by atoms with Crippen molar-refractivity contribution in [2.45, 2.75) is 41.2 Å². The van der Waals surface area contributed by atoms with Gasteiger partial charge in [-0.05, 0) is 43.9 Å². The van der Waals surface area contributed by atoms with Crippen LogP contribution in [0.4, 0.5) is 0 Å². The van der Waals surface area contributed by atoms with Gasteiger partial charge in [0.05, 0.1) is 0 Å². The summed E-state index contributed by atoms with van der Waals surface area (Å²) in [6.07, 6.45) is 0. The Morgan fingerprint density at radius 1 is 0.857 bits per heavy atom. The Bertz CT molecular complexity index is 582. The van der Waals surface area contributed by atoms with Crippen molar-refractivity contribution < 1.29 is 9.59 Å². The molecule has 0 aliphatic rings. The molecule has 6 nitrogen and oxygen atoms in total. The molecular weight excluding hydrogens is 352 g/mol. The number of rotatable bonds is 13. The lowest BCUT2D eigenvalue weighted by Gasteiger charge is -2.29. The van der Waals surface area contributed by atoms with Crippen molar-refractivity contribution in [3.05, 3.63) is 35.4 Å². The fraction of sp³-hybridized carbons (Fsp3) is 0.636.